The monoisotopic (exact) mass is 327 g/mol. The fourth-order valence-electron chi connectivity index (χ4n) is 2.76. The highest BCUT2D eigenvalue weighted by molar-refractivity contribution is 9.10. The smallest absolute Gasteiger partial charge is 0.252 e. The number of halogens is 2. The molecule has 0 aliphatic heterocycles. The van der Waals surface area contributed by atoms with Gasteiger partial charge in [-0.3, -0.25) is 4.79 Å². The summed E-state index contributed by atoms with van der Waals surface area (Å²) < 4.78 is 13.5. The number of hydrogen-bond acceptors (Lipinski definition) is 1. The molecule has 1 unspecified atom stereocenters. The van der Waals surface area contributed by atoms with Crippen molar-refractivity contribution in [3.05, 3.63) is 34.1 Å². The summed E-state index contributed by atoms with van der Waals surface area (Å²) in [5, 5.41) is 3.06. The van der Waals surface area contributed by atoms with E-state index in [0.29, 0.717) is 10.0 Å². The molecule has 0 aromatic heterocycles. The molecule has 1 saturated carbocycles. The molecule has 2 rings (SSSR count). The number of carbonyl (C=O) groups is 1. The van der Waals surface area contributed by atoms with Gasteiger partial charge in [-0.05, 0) is 58.8 Å². The maximum atomic E-state index is 13.0. The molecule has 0 heterocycles. The summed E-state index contributed by atoms with van der Waals surface area (Å²) in [5.41, 5.74) is 0.778. The number of benzene rings is 1. The predicted molar refractivity (Wildman–Crippen MR) is 77.6 cm³/mol. The van der Waals surface area contributed by atoms with Gasteiger partial charge in [0.05, 0.1) is 5.56 Å². The van der Waals surface area contributed by atoms with Gasteiger partial charge in [-0.2, -0.15) is 0 Å². The van der Waals surface area contributed by atoms with Crippen molar-refractivity contribution in [2.75, 3.05) is 0 Å². The highest BCUT2D eigenvalue weighted by Gasteiger charge is 2.29. The van der Waals surface area contributed by atoms with Gasteiger partial charge in [-0.1, -0.05) is 20.3 Å². The van der Waals surface area contributed by atoms with Crippen LogP contribution in [0.15, 0.2) is 22.7 Å². The van der Waals surface area contributed by atoms with Crippen LogP contribution >= 0.6 is 15.9 Å². The van der Waals surface area contributed by atoms with Crippen LogP contribution in [-0.4, -0.2) is 11.9 Å². The summed E-state index contributed by atoms with van der Waals surface area (Å²) in [5.74, 6) is -0.475. The van der Waals surface area contributed by atoms with Crippen LogP contribution in [0.25, 0.3) is 0 Å². The molecule has 19 heavy (non-hydrogen) atoms. The third-order valence-corrected chi connectivity index (χ3v) is 4.37. The Morgan fingerprint density at radius 3 is 2.84 bits per heavy atom. The maximum absolute atomic E-state index is 13.0. The maximum Gasteiger partial charge on any atom is 0.252 e. The van der Waals surface area contributed by atoms with Gasteiger partial charge in [0.15, 0.2) is 0 Å². The Balaban J connectivity index is 2.04. The highest BCUT2D eigenvalue weighted by atomic mass is 79.9. The minimum Gasteiger partial charge on any atom is -0.349 e. The van der Waals surface area contributed by atoms with E-state index in [0.717, 1.165) is 19.3 Å². The largest absolute Gasteiger partial charge is 0.349 e. The first-order valence-corrected chi connectivity index (χ1v) is 7.43. The van der Waals surface area contributed by atoms with Crippen LogP contribution in [0.5, 0.6) is 0 Å². The second-order valence-corrected chi connectivity index (χ2v) is 6.91. The van der Waals surface area contributed by atoms with E-state index < -0.39 is 0 Å². The van der Waals surface area contributed by atoms with Gasteiger partial charge in [0.1, 0.15) is 5.82 Å². The van der Waals surface area contributed by atoms with Crippen molar-refractivity contribution in [1.82, 2.24) is 5.32 Å². The second-order valence-electron chi connectivity index (χ2n) is 6.06. The van der Waals surface area contributed by atoms with Crippen molar-refractivity contribution < 1.29 is 9.18 Å². The van der Waals surface area contributed by atoms with Gasteiger partial charge >= 0.3 is 0 Å². The molecule has 1 N–H and O–H groups in total. The standard InChI is InChI=1S/C15H19BrFNO/c1-15(2)7-3-4-11(9-15)18-14(19)12-6-5-10(17)8-13(12)16/h5-6,8,11H,3-4,7,9H2,1-2H3,(H,18,19). The molecule has 104 valence electrons. The lowest BCUT2D eigenvalue weighted by Gasteiger charge is -2.35. The van der Waals surface area contributed by atoms with Crippen molar-refractivity contribution >= 4 is 21.8 Å². The van der Waals surface area contributed by atoms with Crippen molar-refractivity contribution in [1.29, 1.82) is 0 Å². The van der Waals surface area contributed by atoms with Crippen LogP contribution in [0.3, 0.4) is 0 Å². The van der Waals surface area contributed by atoms with E-state index in [1.54, 1.807) is 0 Å². The first-order chi connectivity index (χ1) is 8.87. The summed E-state index contributed by atoms with van der Waals surface area (Å²) in [6, 6.07) is 4.36. The van der Waals surface area contributed by atoms with Crippen molar-refractivity contribution in [2.45, 2.75) is 45.6 Å². The lowest BCUT2D eigenvalue weighted by molar-refractivity contribution is 0.0902. The minimum atomic E-state index is -0.345. The molecule has 1 fully saturated rings. The van der Waals surface area contributed by atoms with Gasteiger partial charge < -0.3 is 5.32 Å². The van der Waals surface area contributed by atoms with Crippen LogP contribution in [0, 0.1) is 11.2 Å². The number of hydrogen-bond donors (Lipinski definition) is 1. The summed E-state index contributed by atoms with van der Waals surface area (Å²) in [4.78, 5) is 12.2. The van der Waals surface area contributed by atoms with Gasteiger partial charge in [0.25, 0.3) is 5.91 Å². The first-order valence-electron chi connectivity index (χ1n) is 6.63. The average Bonchev–Trinajstić information content (AvgIpc) is 2.27. The zero-order valence-electron chi connectivity index (χ0n) is 11.3. The lowest BCUT2D eigenvalue weighted by Crippen LogP contribution is -2.40. The Morgan fingerprint density at radius 2 is 2.21 bits per heavy atom. The molecule has 1 aliphatic carbocycles. The molecule has 4 heteroatoms. The quantitative estimate of drug-likeness (QED) is 0.862. The second kappa shape index (κ2) is 5.61. The van der Waals surface area contributed by atoms with Crippen LogP contribution in [0.1, 0.15) is 49.9 Å². The van der Waals surface area contributed by atoms with Crippen molar-refractivity contribution in [3.63, 3.8) is 0 Å². The Labute approximate surface area is 121 Å². The Kier molecular flexibility index (Phi) is 4.29. The van der Waals surface area contributed by atoms with Crippen LogP contribution in [0.4, 0.5) is 4.39 Å². The van der Waals surface area contributed by atoms with E-state index in [4.69, 9.17) is 0 Å². The van der Waals surface area contributed by atoms with Crippen LogP contribution < -0.4 is 5.32 Å². The lowest BCUT2D eigenvalue weighted by atomic mass is 9.75. The summed E-state index contributed by atoms with van der Waals surface area (Å²) in [6.07, 6.45) is 4.37. The number of rotatable bonds is 2. The highest BCUT2D eigenvalue weighted by Crippen LogP contribution is 2.35. The molecule has 1 amide bonds. The van der Waals surface area contributed by atoms with E-state index in [1.807, 2.05) is 0 Å². The fraction of sp³-hybridized carbons (Fsp3) is 0.533. The third-order valence-electron chi connectivity index (χ3n) is 3.72. The van der Waals surface area contributed by atoms with Crippen molar-refractivity contribution in [3.8, 4) is 0 Å². The normalized spacial score (nSPS) is 22.0. The van der Waals surface area contributed by atoms with Gasteiger partial charge in [0.2, 0.25) is 0 Å². The molecule has 0 radical (unpaired) electrons. The molecular weight excluding hydrogens is 309 g/mol. The molecule has 1 aromatic carbocycles. The summed E-state index contributed by atoms with van der Waals surface area (Å²) >= 11 is 3.23. The molecule has 0 bridgehead atoms. The predicted octanol–water partition coefficient (Wildman–Crippen LogP) is 4.29. The number of amides is 1. The fourth-order valence-corrected chi connectivity index (χ4v) is 3.29. The molecule has 0 spiro atoms. The summed E-state index contributed by atoms with van der Waals surface area (Å²) in [6.45, 7) is 4.47. The third kappa shape index (κ3) is 3.78. The number of carbonyl (C=O) groups excluding carboxylic acids is 1. The zero-order chi connectivity index (χ0) is 14.0. The Hall–Kier alpha value is -0.900. The average molecular weight is 328 g/mol. The molecule has 1 aromatic rings. The van der Waals surface area contributed by atoms with Gasteiger partial charge in [-0.25, -0.2) is 4.39 Å². The topological polar surface area (TPSA) is 29.1 Å². The van der Waals surface area contributed by atoms with E-state index in [2.05, 4.69) is 35.1 Å². The summed E-state index contributed by atoms with van der Waals surface area (Å²) in [7, 11) is 0. The van der Waals surface area contributed by atoms with Crippen LogP contribution in [-0.2, 0) is 0 Å². The first kappa shape index (κ1) is 14.5. The molecule has 0 saturated heterocycles. The van der Waals surface area contributed by atoms with E-state index >= 15 is 0 Å². The number of nitrogens with one attached hydrogen (secondary N) is 1. The zero-order valence-corrected chi connectivity index (χ0v) is 12.9. The molecule has 1 aliphatic rings. The van der Waals surface area contributed by atoms with E-state index in [1.165, 1.54) is 24.6 Å². The van der Waals surface area contributed by atoms with Crippen LogP contribution in [0.2, 0.25) is 0 Å². The molecule has 2 nitrogen and oxygen atoms in total. The SMILES string of the molecule is CC1(C)CCCC(NC(=O)c2ccc(F)cc2Br)C1. The van der Waals surface area contributed by atoms with Crippen molar-refractivity contribution in [2.24, 2.45) is 5.41 Å². The molecule has 1 atom stereocenters. The molecular formula is C15H19BrFNO. The van der Waals surface area contributed by atoms with E-state index in [-0.39, 0.29) is 23.2 Å². The Bertz CT molecular complexity index is 487. The Morgan fingerprint density at radius 1 is 1.47 bits per heavy atom. The van der Waals surface area contributed by atoms with Gasteiger partial charge in [-0.15, -0.1) is 0 Å². The van der Waals surface area contributed by atoms with Gasteiger partial charge in [0, 0.05) is 10.5 Å². The van der Waals surface area contributed by atoms with E-state index in [9.17, 15) is 9.18 Å². The minimum absolute atomic E-state index is 0.130.